The summed E-state index contributed by atoms with van der Waals surface area (Å²) in [6, 6.07) is 14.4. The molecule has 0 aliphatic heterocycles. The number of halogens is 3. The fraction of sp³-hybridized carbons (Fsp3) is 0.0769. The van der Waals surface area contributed by atoms with E-state index in [4.69, 9.17) is 0 Å². The number of nitrogens with one attached hydrogen (secondary N) is 2. The number of hydrogen-bond donors (Lipinski definition) is 2. The number of alkyl halides is 3. The first-order valence-electron chi connectivity index (χ1n) is 5.80. The van der Waals surface area contributed by atoms with Crippen molar-refractivity contribution in [2.75, 3.05) is 10.0 Å². The lowest BCUT2D eigenvalue weighted by Gasteiger charge is -2.15. The lowest BCUT2D eigenvalue weighted by atomic mass is 10.2. The van der Waals surface area contributed by atoms with Crippen LogP contribution in [-0.2, 0) is 10.0 Å². The van der Waals surface area contributed by atoms with Crippen LogP contribution in [0, 0.1) is 0 Å². The fourth-order valence-corrected chi connectivity index (χ4v) is 2.14. The summed E-state index contributed by atoms with van der Waals surface area (Å²) < 4.78 is 61.1. The highest BCUT2D eigenvalue weighted by atomic mass is 32.2. The lowest BCUT2D eigenvalue weighted by molar-refractivity contribution is -0.0429. The summed E-state index contributed by atoms with van der Waals surface area (Å²) in [6.07, 6.45) is 0. The molecule has 0 fully saturated rings. The zero-order valence-corrected chi connectivity index (χ0v) is 11.4. The number of benzene rings is 2. The molecule has 0 aliphatic rings. The largest absolute Gasteiger partial charge is 0.516 e. The third kappa shape index (κ3) is 3.66. The summed E-state index contributed by atoms with van der Waals surface area (Å²) in [7, 11) is -5.46. The Morgan fingerprint density at radius 2 is 1.33 bits per heavy atom. The molecule has 0 aromatic heterocycles. The number of rotatable bonds is 4. The van der Waals surface area contributed by atoms with E-state index >= 15 is 0 Å². The maximum absolute atomic E-state index is 12.4. The molecule has 0 heterocycles. The Bertz CT molecular complexity index is 716. The minimum atomic E-state index is -5.46. The van der Waals surface area contributed by atoms with Crippen molar-refractivity contribution in [1.29, 1.82) is 0 Å². The van der Waals surface area contributed by atoms with Crippen LogP contribution in [0.3, 0.4) is 0 Å². The van der Waals surface area contributed by atoms with Crippen molar-refractivity contribution in [3.05, 3.63) is 54.6 Å². The van der Waals surface area contributed by atoms with Gasteiger partial charge in [-0.05, 0) is 24.3 Å². The molecule has 0 bridgehead atoms. The Kier molecular flexibility index (Phi) is 4.08. The number of para-hydroxylation sites is 3. The second kappa shape index (κ2) is 5.65. The second-order valence-electron chi connectivity index (χ2n) is 4.09. The highest BCUT2D eigenvalue weighted by molar-refractivity contribution is 7.93. The lowest BCUT2D eigenvalue weighted by Crippen LogP contribution is -2.30. The third-order valence-corrected chi connectivity index (χ3v) is 3.63. The molecule has 0 saturated carbocycles. The molecule has 0 saturated heterocycles. The summed E-state index contributed by atoms with van der Waals surface area (Å²) in [4.78, 5) is 0. The van der Waals surface area contributed by atoms with Gasteiger partial charge in [-0.1, -0.05) is 30.3 Å². The zero-order valence-electron chi connectivity index (χ0n) is 10.6. The van der Waals surface area contributed by atoms with E-state index < -0.39 is 15.5 Å². The maximum Gasteiger partial charge on any atom is 0.516 e. The van der Waals surface area contributed by atoms with Gasteiger partial charge >= 0.3 is 15.5 Å². The summed E-state index contributed by atoms with van der Waals surface area (Å²) in [5, 5.41) is 2.85. The standard InChI is InChI=1S/C13H11F3N2O2S/c14-13(15,16)21(19,20)18-12-9-5-4-8-11(12)17-10-6-2-1-3-7-10/h1-9,17-18H. The van der Waals surface area contributed by atoms with Crippen LogP contribution < -0.4 is 10.0 Å². The Morgan fingerprint density at radius 3 is 1.90 bits per heavy atom. The molecule has 2 rings (SSSR count). The van der Waals surface area contributed by atoms with Crippen LogP contribution in [0.5, 0.6) is 0 Å². The van der Waals surface area contributed by atoms with Crippen LogP contribution >= 0.6 is 0 Å². The topological polar surface area (TPSA) is 58.2 Å². The van der Waals surface area contributed by atoms with E-state index in [2.05, 4.69) is 5.32 Å². The van der Waals surface area contributed by atoms with Crippen LogP contribution in [0.1, 0.15) is 0 Å². The van der Waals surface area contributed by atoms with E-state index in [9.17, 15) is 21.6 Å². The van der Waals surface area contributed by atoms with Crippen molar-refractivity contribution < 1.29 is 21.6 Å². The minimum Gasteiger partial charge on any atom is -0.354 e. The van der Waals surface area contributed by atoms with Crippen LogP contribution in [0.25, 0.3) is 0 Å². The van der Waals surface area contributed by atoms with Crippen LogP contribution in [0.2, 0.25) is 0 Å². The van der Waals surface area contributed by atoms with Gasteiger partial charge in [-0.2, -0.15) is 21.6 Å². The first-order valence-corrected chi connectivity index (χ1v) is 7.28. The molecule has 2 aromatic carbocycles. The molecular weight excluding hydrogens is 305 g/mol. The average molecular weight is 316 g/mol. The van der Waals surface area contributed by atoms with E-state index in [1.54, 1.807) is 36.4 Å². The fourth-order valence-electron chi connectivity index (χ4n) is 1.56. The Morgan fingerprint density at radius 1 is 0.810 bits per heavy atom. The molecule has 0 aliphatic carbocycles. The summed E-state index contributed by atoms with van der Waals surface area (Å²) >= 11 is 0. The van der Waals surface area contributed by atoms with Gasteiger partial charge in [0, 0.05) is 5.69 Å². The van der Waals surface area contributed by atoms with E-state index in [0.717, 1.165) is 0 Å². The molecule has 4 nitrogen and oxygen atoms in total. The van der Waals surface area contributed by atoms with Crippen molar-refractivity contribution in [2.24, 2.45) is 0 Å². The first-order chi connectivity index (χ1) is 9.79. The molecule has 2 aromatic rings. The molecule has 0 atom stereocenters. The van der Waals surface area contributed by atoms with Crippen LogP contribution in [0.15, 0.2) is 54.6 Å². The van der Waals surface area contributed by atoms with Gasteiger partial charge in [0.15, 0.2) is 0 Å². The molecular formula is C13H11F3N2O2S. The van der Waals surface area contributed by atoms with Crippen LogP contribution in [0.4, 0.5) is 30.2 Å². The van der Waals surface area contributed by atoms with Crippen molar-refractivity contribution >= 4 is 27.1 Å². The first kappa shape index (κ1) is 15.2. The summed E-state index contributed by atoms with van der Waals surface area (Å²) in [6.45, 7) is 0. The van der Waals surface area contributed by atoms with Gasteiger partial charge in [-0.25, -0.2) is 0 Å². The highest BCUT2D eigenvalue weighted by Gasteiger charge is 2.46. The Balaban J connectivity index is 2.30. The van der Waals surface area contributed by atoms with Gasteiger partial charge in [-0.3, -0.25) is 4.72 Å². The predicted molar refractivity (Wildman–Crippen MR) is 74.8 cm³/mol. The quantitative estimate of drug-likeness (QED) is 0.904. The normalized spacial score (nSPS) is 12.0. The van der Waals surface area contributed by atoms with E-state index in [1.807, 2.05) is 0 Å². The third-order valence-electron chi connectivity index (χ3n) is 2.53. The van der Waals surface area contributed by atoms with E-state index in [1.165, 1.54) is 22.9 Å². The molecule has 0 amide bonds. The SMILES string of the molecule is O=S(=O)(Nc1ccccc1Nc1ccccc1)C(F)(F)F. The van der Waals surface area contributed by atoms with Gasteiger partial charge in [0.2, 0.25) is 0 Å². The van der Waals surface area contributed by atoms with Gasteiger partial charge in [0.1, 0.15) is 0 Å². The van der Waals surface area contributed by atoms with Gasteiger partial charge in [0.25, 0.3) is 0 Å². The monoisotopic (exact) mass is 316 g/mol. The maximum atomic E-state index is 12.4. The number of sulfonamides is 1. The van der Waals surface area contributed by atoms with Crippen molar-refractivity contribution in [3.8, 4) is 0 Å². The molecule has 0 spiro atoms. The zero-order chi connectivity index (χ0) is 15.5. The van der Waals surface area contributed by atoms with Crippen molar-refractivity contribution in [1.82, 2.24) is 0 Å². The molecule has 0 radical (unpaired) electrons. The van der Waals surface area contributed by atoms with Gasteiger partial charge in [0.05, 0.1) is 11.4 Å². The molecule has 0 unspecified atom stereocenters. The Labute approximate surface area is 119 Å². The van der Waals surface area contributed by atoms with Crippen LogP contribution in [-0.4, -0.2) is 13.9 Å². The second-order valence-corrected chi connectivity index (χ2v) is 5.76. The highest BCUT2D eigenvalue weighted by Crippen LogP contribution is 2.30. The van der Waals surface area contributed by atoms with Crippen molar-refractivity contribution in [3.63, 3.8) is 0 Å². The Hall–Kier alpha value is -2.22. The number of anilines is 3. The summed E-state index contributed by atoms with van der Waals surface area (Å²) in [5.41, 5.74) is -4.71. The predicted octanol–water partition coefficient (Wildman–Crippen LogP) is 3.69. The van der Waals surface area contributed by atoms with Gasteiger partial charge in [-0.15, -0.1) is 0 Å². The molecule has 112 valence electrons. The smallest absolute Gasteiger partial charge is 0.354 e. The van der Waals surface area contributed by atoms with E-state index in [-0.39, 0.29) is 11.4 Å². The molecule has 8 heteroatoms. The minimum absolute atomic E-state index is 0.182. The molecule has 2 N–H and O–H groups in total. The van der Waals surface area contributed by atoms with E-state index in [0.29, 0.717) is 5.69 Å². The van der Waals surface area contributed by atoms with Crippen molar-refractivity contribution in [2.45, 2.75) is 5.51 Å². The number of hydrogen-bond acceptors (Lipinski definition) is 3. The summed E-state index contributed by atoms with van der Waals surface area (Å²) in [5.74, 6) is 0. The van der Waals surface area contributed by atoms with Gasteiger partial charge < -0.3 is 5.32 Å². The molecule has 21 heavy (non-hydrogen) atoms. The average Bonchev–Trinajstić information content (AvgIpc) is 2.40.